The normalized spacial score (nSPS) is 12.9. The maximum Gasteiger partial charge on any atom is 0.0389 e. The summed E-state index contributed by atoms with van der Waals surface area (Å²) in [6, 6.07) is 9.22. The smallest absolute Gasteiger partial charge is 0.0389 e. The van der Waals surface area contributed by atoms with Gasteiger partial charge in [0.1, 0.15) is 0 Å². The summed E-state index contributed by atoms with van der Waals surface area (Å²) >= 11 is 3.73. The van der Waals surface area contributed by atoms with E-state index in [9.17, 15) is 0 Å². The molecule has 2 aromatic heterocycles. The molecule has 0 bridgehead atoms. The van der Waals surface area contributed by atoms with Gasteiger partial charge in [-0.1, -0.05) is 13.0 Å². The number of aryl methyl sites for hydroxylation is 1. The third-order valence-corrected chi connectivity index (χ3v) is 4.90. The molecule has 86 valence electrons. The third kappa shape index (κ3) is 2.94. The first-order valence-corrected chi connectivity index (χ1v) is 7.33. The molecule has 0 fully saturated rings. The molecule has 1 N–H and O–H groups in total. The van der Waals surface area contributed by atoms with Crippen LogP contribution in [-0.2, 0) is 13.0 Å². The minimum atomic E-state index is 0.451. The highest BCUT2D eigenvalue weighted by Crippen LogP contribution is 2.21. The van der Waals surface area contributed by atoms with Crippen LogP contribution in [0, 0.1) is 0 Å². The Hall–Kier alpha value is -0.640. The van der Waals surface area contributed by atoms with Crippen molar-refractivity contribution in [2.24, 2.45) is 0 Å². The fourth-order valence-electron chi connectivity index (χ4n) is 1.60. The summed E-state index contributed by atoms with van der Waals surface area (Å²) in [7, 11) is 0. The third-order valence-electron chi connectivity index (χ3n) is 2.62. The van der Waals surface area contributed by atoms with E-state index < -0.39 is 0 Å². The van der Waals surface area contributed by atoms with E-state index >= 15 is 0 Å². The quantitative estimate of drug-likeness (QED) is 0.839. The lowest BCUT2D eigenvalue weighted by Crippen LogP contribution is -2.16. The van der Waals surface area contributed by atoms with Gasteiger partial charge in [0.2, 0.25) is 0 Å². The summed E-state index contributed by atoms with van der Waals surface area (Å²) in [4.78, 5) is 4.31. The van der Waals surface area contributed by atoms with E-state index in [4.69, 9.17) is 0 Å². The monoisotopic (exact) mass is 251 g/mol. The summed E-state index contributed by atoms with van der Waals surface area (Å²) in [5.41, 5.74) is 0. The van der Waals surface area contributed by atoms with E-state index in [2.05, 4.69) is 48.8 Å². The van der Waals surface area contributed by atoms with Gasteiger partial charge in [-0.15, -0.1) is 22.7 Å². The highest BCUT2D eigenvalue weighted by molar-refractivity contribution is 7.12. The van der Waals surface area contributed by atoms with Gasteiger partial charge in [-0.3, -0.25) is 0 Å². The zero-order valence-electron chi connectivity index (χ0n) is 9.69. The molecule has 0 aliphatic rings. The Morgan fingerprint density at radius 1 is 1.25 bits per heavy atom. The minimum Gasteiger partial charge on any atom is -0.305 e. The molecule has 0 saturated heterocycles. The maximum absolute atomic E-state index is 3.56. The molecule has 2 rings (SSSR count). The van der Waals surface area contributed by atoms with Crippen molar-refractivity contribution in [2.75, 3.05) is 0 Å². The lowest BCUT2D eigenvalue weighted by molar-refractivity contribution is 0.587. The van der Waals surface area contributed by atoms with Gasteiger partial charge in [0.05, 0.1) is 0 Å². The van der Waals surface area contributed by atoms with Crippen LogP contribution in [0.1, 0.15) is 34.5 Å². The van der Waals surface area contributed by atoms with Crippen molar-refractivity contribution in [1.29, 1.82) is 0 Å². The predicted octanol–water partition coefficient (Wildman–Crippen LogP) is 4.22. The maximum atomic E-state index is 3.56. The van der Waals surface area contributed by atoms with Crippen LogP contribution in [0.5, 0.6) is 0 Å². The number of hydrogen-bond acceptors (Lipinski definition) is 3. The van der Waals surface area contributed by atoms with Gasteiger partial charge in [0, 0.05) is 27.2 Å². The topological polar surface area (TPSA) is 12.0 Å². The average molecular weight is 251 g/mol. The van der Waals surface area contributed by atoms with Crippen molar-refractivity contribution in [2.45, 2.75) is 32.9 Å². The molecule has 0 aliphatic carbocycles. The van der Waals surface area contributed by atoms with Crippen molar-refractivity contribution < 1.29 is 0 Å². The van der Waals surface area contributed by atoms with Crippen molar-refractivity contribution in [3.8, 4) is 0 Å². The van der Waals surface area contributed by atoms with Crippen LogP contribution in [0.25, 0.3) is 0 Å². The van der Waals surface area contributed by atoms with Gasteiger partial charge >= 0.3 is 0 Å². The largest absolute Gasteiger partial charge is 0.305 e. The zero-order chi connectivity index (χ0) is 11.4. The van der Waals surface area contributed by atoms with Crippen LogP contribution in [0.4, 0.5) is 0 Å². The molecule has 3 heteroatoms. The average Bonchev–Trinajstić information content (AvgIpc) is 2.96. The lowest BCUT2D eigenvalue weighted by Gasteiger charge is -2.10. The summed E-state index contributed by atoms with van der Waals surface area (Å²) in [6.07, 6.45) is 1.14. The minimum absolute atomic E-state index is 0.451. The standard InChI is InChI=1S/C13H17NS2/c1-3-11-6-7-12(16-11)9-14-10(2)13-5-4-8-15-13/h4-8,10,14H,3,9H2,1-2H3. The van der Waals surface area contributed by atoms with Gasteiger partial charge in [0.25, 0.3) is 0 Å². The summed E-state index contributed by atoms with van der Waals surface area (Å²) in [5, 5.41) is 5.69. The van der Waals surface area contributed by atoms with Crippen LogP contribution in [0.3, 0.4) is 0 Å². The van der Waals surface area contributed by atoms with Gasteiger partial charge in [-0.25, -0.2) is 0 Å². The zero-order valence-corrected chi connectivity index (χ0v) is 11.3. The summed E-state index contributed by atoms with van der Waals surface area (Å²) < 4.78 is 0. The first kappa shape index (κ1) is 11.8. The van der Waals surface area contributed by atoms with Gasteiger partial charge < -0.3 is 5.32 Å². The van der Waals surface area contributed by atoms with Crippen LogP contribution in [0.2, 0.25) is 0 Å². The van der Waals surface area contributed by atoms with Crippen LogP contribution in [-0.4, -0.2) is 0 Å². The van der Waals surface area contributed by atoms with Crippen molar-refractivity contribution >= 4 is 22.7 Å². The fourth-order valence-corrected chi connectivity index (χ4v) is 3.27. The second-order valence-electron chi connectivity index (χ2n) is 3.84. The molecule has 0 radical (unpaired) electrons. The summed E-state index contributed by atoms with van der Waals surface area (Å²) in [5.74, 6) is 0. The highest BCUT2D eigenvalue weighted by Gasteiger charge is 2.06. The summed E-state index contributed by atoms with van der Waals surface area (Å²) in [6.45, 7) is 5.40. The Kier molecular flexibility index (Phi) is 4.16. The van der Waals surface area contributed by atoms with Crippen molar-refractivity contribution in [1.82, 2.24) is 5.32 Å². The number of rotatable bonds is 5. The number of nitrogens with one attached hydrogen (secondary N) is 1. The molecule has 1 atom stereocenters. The SMILES string of the molecule is CCc1ccc(CNC(C)c2cccs2)s1. The van der Waals surface area contributed by atoms with E-state index in [1.54, 1.807) is 0 Å². The van der Waals surface area contributed by atoms with Crippen LogP contribution < -0.4 is 5.32 Å². The van der Waals surface area contributed by atoms with Gasteiger partial charge in [0.15, 0.2) is 0 Å². The molecule has 0 amide bonds. The Labute approximate surface area is 105 Å². The number of hydrogen-bond donors (Lipinski definition) is 1. The Morgan fingerprint density at radius 2 is 2.06 bits per heavy atom. The van der Waals surface area contributed by atoms with Crippen LogP contribution in [0.15, 0.2) is 29.6 Å². The molecule has 2 aromatic rings. The number of thiophene rings is 2. The Morgan fingerprint density at radius 3 is 2.69 bits per heavy atom. The Bertz CT molecular complexity index is 417. The van der Waals surface area contributed by atoms with E-state index in [0.29, 0.717) is 6.04 Å². The van der Waals surface area contributed by atoms with E-state index in [1.807, 2.05) is 22.7 Å². The van der Waals surface area contributed by atoms with Crippen molar-refractivity contribution in [3.05, 3.63) is 44.3 Å². The molecule has 1 nitrogen and oxygen atoms in total. The van der Waals surface area contributed by atoms with Crippen LogP contribution >= 0.6 is 22.7 Å². The van der Waals surface area contributed by atoms with Gasteiger partial charge in [-0.2, -0.15) is 0 Å². The van der Waals surface area contributed by atoms with E-state index in [0.717, 1.165) is 13.0 Å². The molecular formula is C13H17NS2. The molecule has 0 saturated carbocycles. The van der Waals surface area contributed by atoms with E-state index in [1.165, 1.54) is 14.6 Å². The second-order valence-corrected chi connectivity index (χ2v) is 6.07. The molecule has 2 heterocycles. The van der Waals surface area contributed by atoms with Crippen molar-refractivity contribution in [3.63, 3.8) is 0 Å². The molecule has 0 aromatic carbocycles. The molecule has 0 spiro atoms. The first-order chi connectivity index (χ1) is 7.79. The molecule has 16 heavy (non-hydrogen) atoms. The highest BCUT2D eigenvalue weighted by atomic mass is 32.1. The first-order valence-electron chi connectivity index (χ1n) is 5.64. The van der Waals surface area contributed by atoms with Gasteiger partial charge in [-0.05, 0) is 36.9 Å². The fraction of sp³-hybridized carbons (Fsp3) is 0.385. The van der Waals surface area contributed by atoms with E-state index in [-0.39, 0.29) is 0 Å². The Balaban J connectivity index is 1.87. The predicted molar refractivity (Wildman–Crippen MR) is 73.3 cm³/mol. The second kappa shape index (κ2) is 5.62. The molecule has 0 aliphatic heterocycles. The molecule has 1 unspecified atom stereocenters. The molecular weight excluding hydrogens is 234 g/mol. The lowest BCUT2D eigenvalue weighted by atomic mass is 10.2.